The lowest BCUT2D eigenvalue weighted by Gasteiger charge is -2.48. The molecule has 0 radical (unpaired) electrons. The number of carboxylic acids is 1. The first kappa shape index (κ1) is 93.9. The zero-order chi connectivity index (χ0) is 83.2. The molecule has 6 aliphatic rings. The molecule has 0 unspecified atom stereocenters. The smallest absolute Gasteiger partial charge is 0.326 e. The van der Waals surface area contributed by atoms with E-state index >= 15 is 14.4 Å². The van der Waals surface area contributed by atoms with Crippen LogP contribution >= 0.6 is 0 Å². The van der Waals surface area contributed by atoms with Gasteiger partial charge in [-0.3, -0.25) is 38.4 Å². The van der Waals surface area contributed by atoms with Crippen LogP contribution in [0.5, 0.6) is 0 Å². The zero-order valence-electron chi connectivity index (χ0n) is 61.5. The Kier molecular flexibility index (Phi) is 35.6. The first-order valence-electron chi connectivity index (χ1n) is 35.3. The molecule has 48 heteroatoms. The molecule has 0 spiro atoms. The van der Waals surface area contributed by atoms with Gasteiger partial charge in [-0.1, -0.05) is 13.8 Å². The number of carbonyl (C=O) groups is 9. The van der Waals surface area contributed by atoms with Gasteiger partial charge >= 0.3 is 5.97 Å². The van der Waals surface area contributed by atoms with Crippen LogP contribution in [0.2, 0.25) is 0 Å². The van der Waals surface area contributed by atoms with E-state index in [4.69, 9.17) is 56.8 Å². The predicted octanol–water partition coefficient (Wildman–Crippen LogP) is -16.7. The predicted molar refractivity (Wildman–Crippen MR) is 355 cm³/mol. The standard InChI is InChI=1S/C63H106N8O40/c1-17(2)32(57(98)99)69-53(94)18(3)64-55(96)33(19(4)101-59-36(67-23(8)80)51(42(86)30(14-76)104-59)110-62-48(92)45(89)39(83)27(11-73)107-62)71-56(97)34(20(5)102-60-37(68-24(9)81)52(43(87)31(15-77)105-60)111-63-49(93)46(90)40(84)28(12-74)108-63)70-54(95)25(65-21(6)78)16-100-58-35(66-22(7)79)50(41(85)29(13-75)103-58)109-61-47(91)44(88)38(82)26(10-72)106-61/h17-20,25-52,58-63,72-77,82-93H,10-16H2,1-9H3,(H,64,96)(H,65,78)(H,66,79)(H,67,80)(H,68,81)(H,69,94)(H,70,95)(H,71,97)(H,98,99)/t18-,19+,20+,25-,26+,27+,28+,29+,30+,31+,32-,33-,34-,35+,36+,37+,38-,39-,40-,41-,42-,43-,44-,45-,46-,47+,48+,49+,50+,51+,52+,58+,59+,60+,61-,62-,63-/m0/s1. The molecule has 0 aromatic heterocycles. The van der Waals surface area contributed by atoms with Gasteiger partial charge in [0.15, 0.2) is 37.7 Å². The van der Waals surface area contributed by atoms with Crippen LogP contribution in [0.15, 0.2) is 0 Å². The number of aliphatic carboxylic acids is 1. The number of carboxylic acid groups (broad SMARTS) is 1. The summed E-state index contributed by atoms with van der Waals surface area (Å²) in [4.78, 5) is 124. The van der Waals surface area contributed by atoms with Crippen molar-refractivity contribution in [3.05, 3.63) is 0 Å². The van der Waals surface area contributed by atoms with Crippen molar-refractivity contribution in [1.29, 1.82) is 0 Å². The van der Waals surface area contributed by atoms with Crippen LogP contribution in [0.3, 0.4) is 0 Å². The number of hydrogen-bond acceptors (Lipinski definition) is 39. The van der Waals surface area contributed by atoms with Crippen molar-refractivity contribution in [3.63, 3.8) is 0 Å². The van der Waals surface area contributed by atoms with E-state index in [-0.39, 0.29) is 0 Å². The molecule has 48 nitrogen and oxygen atoms in total. The van der Waals surface area contributed by atoms with Gasteiger partial charge in [0, 0.05) is 27.7 Å². The molecular weight excluding hydrogens is 1510 g/mol. The largest absolute Gasteiger partial charge is 0.480 e. The van der Waals surface area contributed by atoms with Crippen molar-refractivity contribution < 1.29 is 197 Å². The summed E-state index contributed by atoms with van der Waals surface area (Å²) in [5.74, 6) is -11.9. The van der Waals surface area contributed by atoms with Crippen LogP contribution in [0, 0.1) is 5.92 Å². The second kappa shape index (κ2) is 42.1. The number of rotatable bonds is 35. The summed E-state index contributed by atoms with van der Waals surface area (Å²) in [5, 5.41) is 221. The third kappa shape index (κ3) is 23.4. The number of aliphatic hydroxyl groups is 18. The molecule has 6 fully saturated rings. The SMILES string of the molecule is CC(=O)N[C@H]1[C@H](OC[C@H](NC(C)=O)C(=O)N[C@H](C(=O)N[C@H](C(=O)N[C@@H](C)C(=O)N[C@H](C(=O)O)C(C)C)[C@@H](C)O[C@@H]2O[C@H](CO)[C@H](O)[C@H](O[C@@H]3O[C@H](CO)[C@H](O)[C@H](O)[C@H]3O)[C@H]2NC(C)=O)[C@@H](C)O[C@@H]2O[C@H](CO)[C@H](O)[C@H](O[C@@H]3O[C@H](CO)[C@H](O)[C@H](O)[C@H]3O)[C@H]2NC(C)=O)O[C@H](CO)[C@H](O)[C@@H]1O[C@@H]1O[C@H](CO)[C@H](O)[C@H](O)[C@H]1O. The summed E-state index contributed by atoms with van der Waals surface area (Å²) in [6.07, 6.45) is -57.6. The van der Waals surface area contributed by atoms with E-state index in [9.17, 15) is 126 Å². The summed E-state index contributed by atoms with van der Waals surface area (Å²) < 4.78 is 70.4. The molecule has 0 aromatic carbocycles. The number of carbonyl (C=O) groups excluding carboxylic acids is 8. The number of amides is 8. The van der Waals surface area contributed by atoms with E-state index in [2.05, 4.69) is 42.5 Å². The Morgan fingerprint density at radius 2 is 0.622 bits per heavy atom. The second-order valence-electron chi connectivity index (χ2n) is 27.8. The first-order chi connectivity index (χ1) is 52.1. The molecule has 6 rings (SSSR count). The average molecular weight is 1620 g/mol. The van der Waals surface area contributed by atoms with E-state index in [1.54, 1.807) is 0 Å². The zero-order valence-corrected chi connectivity index (χ0v) is 61.5. The maximum absolute atomic E-state index is 15.8. The fraction of sp³-hybridized carbons (Fsp3) is 0.857. The molecule has 638 valence electrons. The summed E-state index contributed by atoms with van der Waals surface area (Å²) >= 11 is 0. The van der Waals surface area contributed by atoms with Gasteiger partial charge in [-0.25, -0.2) is 4.79 Å². The van der Waals surface area contributed by atoms with Crippen LogP contribution in [-0.4, -0.2) is 423 Å². The highest BCUT2D eigenvalue weighted by Crippen LogP contribution is 2.35. The van der Waals surface area contributed by atoms with Crippen LogP contribution in [0.25, 0.3) is 0 Å². The Morgan fingerprint density at radius 3 is 0.928 bits per heavy atom. The summed E-state index contributed by atoms with van der Waals surface area (Å²) in [6.45, 7) is 2.22. The van der Waals surface area contributed by atoms with Crippen molar-refractivity contribution in [2.75, 3.05) is 46.2 Å². The molecule has 0 saturated carbocycles. The van der Waals surface area contributed by atoms with Crippen molar-refractivity contribution in [3.8, 4) is 0 Å². The minimum absolute atomic E-state index is 0.772. The fourth-order valence-corrected chi connectivity index (χ4v) is 12.9. The molecular formula is C63H106N8O40. The molecule has 0 aliphatic carbocycles. The van der Waals surface area contributed by atoms with Crippen LogP contribution < -0.4 is 42.5 Å². The minimum Gasteiger partial charge on any atom is -0.480 e. The van der Waals surface area contributed by atoms with E-state index in [0.29, 0.717) is 0 Å². The number of aliphatic hydroxyl groups excluding tert-OH is 18. The lowest BCUT2D eigenvalue weighted by atomic mass is 9.95. The Hall–Kier alpha value is -5.97. The third-order valence-electron chi connectivity index (χ3n) is 19.0. The highest BCUT2D eigenvalue weighted by atomic mass is 16.8. The number of ether oxygens (including phenoxy) is 12. The van der Waals surface area contributed by atoms with E-state index in [1.807, 2.05) is 0 Å². The Labute approximate surface area is 632 Å². The second-order valence-corrected chi connectivity index (χ2v) is 27.8. The normalized spacial score (nSPS) is 38.5. The van der Waals surface area contributed by atoms with Crippen LogP contribution in [0.1, 0.15) is 62.3 Å². The van der Waals surface area contributed by atoms with Gasteiger partial charge in [-0.15, -0.1) is 0 Å². The van der Waals surface area contributed by atoms with Gasteiger partial charge < -0.3 is 196 Å². The van der Waals surface area contributed by atoms with E-state index in [1.165, 1.54) is 13.8 Å². The van der Waals surface area contributed by atoms with Gasteiger partial charge in [0.05, 0.1) is 58.5 Å². The Bertz CT molecular complexity index is 3060. The number of nitrogens with one attached hydrogen (secondary N) is 8. The van der Waals surface area contributed by atoms with Gasteiger partial charge in [-0.2, -0.15) is 0 Å². The first-order valence-corrected chi connectivity index (χ1v) is 35.3. The maximum Gasteiger partial charge on any atom is 0.326 e. The van der Waals surface area contributed by atoms with Gasteiger partial charge in [0.25, 0.3) is 0 Å². The van der Waals surface area contributed by atoms with Gasteiger partial charge in [0.2, 0.25) is 47.3 Å². The van der Waals surface area contributed by atoms with Crippen molar-refractivity contribution in [2.45, 2.75) is 289 Å². The third-order valence-corrected chi connectivity index (χ3v) is 19.0. The van der Waals surface area contributed by atoms with Crippen LogP contribution in [0.4, 0.5) is 0 Å². The van der Waals surface area contributed by atoms with Gasteiger partial charge in [-0.05, 0) is 26.7 Å². The molecule has 0 bridgehead atoms. The molecule has 111 heavy (non-hydrogen) atoms. The van der Waals surface area contributed by atoms with E-state index < -0.39 is 332 Å². The lowest BCUT2D eigenvalue weighted by Crippen LogP contribution is -2.69. The highest BCUT2D eigenvalue weighted by molar-refractivity contribution is 5.96. The molecule has 0 aromatic rings. The van der Waals surface area contributed by atoms with Gasteiger partial charge in [0.1, 0.15) is 177 Å². The van der Waals surface area contributed by atoms with E-state index in [0.717, 1.165) is 48.5 Å². The molecule has 8 amide bonds. The average Bonchev–Trinajstić information content (AvgIpc) is 0.785. The van der Waals surface area contributed by atoms with Crippen LogP contribution in [-0.2, 0) is 100.0 Å². The lowest BCUT2D eigenvalue weighted by molar-refractivity contribution is -0.347. The topological polar surface area (TPSA) is 745 Å². The van der Waals surface area contributed by atoms with Crippen molar-refractivity contribution in [1.82, 2.24) is 42.5 Å². The molecule has 37 atom stereocenters. The monoisotopic (exact) mass is 1610 g/mol. The summed E-state index contributed by atoms with van der Waals surface area (Å²) in [7, 11) is 0. The maximum atomic E-state index is 15.8. The fourth-order valence-electron chi connectivity index (χ4n) is 12.9. The van der Waals surface area contributed by atoms with Crippen molar-refractivity contribution in [2.24, 2.45) is 5.92 Å². The Balaban J connectivity index is 1.47. The quantitative estimate of drug-likeness (QED) is 0.0280. The van der Waals surface area contributed by atoms with Crippen molar-refractivity contribution >= 4 is 53.2 Å². The Morgan fingerprint density at radius 1 is 0.333 bits per heavy atom. The highest BCUT2D eigenvalue weighted by Gasteiger charge is 2.57. The minimum atomic E-state index is -2.45. The molecule has 6 heterocycles. The number of hydrogen-bond donors (Lipinski definition) is 27. The molecule has 6 aliphatic heterocycles. The molecule has 6 saturated heterocycles. The molecule has 27 N–H and O–H groups in total. The summed E-state index contributed by atoms with van der Waals surface area (Å²) in [6, 6.07) is -15.9. The summed E-state index contributed by atoms with van der Waals surface area (Å²) in [5.41, 5.74) is 0.